The fraction of sp³-hybridized carbons (Fsp3) is 0.312. The molecule has 2 heterocycles. The van der Waals surface area contributed by atoms with Gasteiger partial charge in [-0.05, 0) is 24.6 Å². The van der Waals surface area contributed by atoms with Crippen LogP contribution < -0.4 is 15.4 Å². The maximum Gasteiger partial charge on any atom is 0.226 e. The number of nitrogens with zero attached hydrogens (tertiary/aromatic N) is 4. The van der Waals surface area contributed by atoms with Gasteiger partial charge in [-0.25, -0.2) is 0 Å². The minimum absolute atomic E-state index is 0.531. The van der Waals surface area contributed by atoms with Crippen LogP contribution in [0.1, 0.15) is 13.3 Å². The number of hydrogen-bond donors (Lipinski definition) is 2. The summed E-state index contributed by atoms with van der Waals surface area (Å²) < 4.78 is 6.90. The van der Waals surface area contributed by atoms with Gasteiger partial charge < -0.3 is 15.4 Å². The molecule has 0 bridgehead atoms. The Morgan fingerprint density at radius 2 is 2.12 bits per heavy atom. The van der Waals surface area contributed by atoms with Gasteiger partial charge in [-0.15, -0.1) is 0 Å². The highest BCUT2D eigenvalue weighted by atomic mass is 35.5. The molecule has 0 fully saturated rings. The second-order valence-electron chi connectivity index (χ2n) is 5.30. The fourth-order valence-electron chi connectivity index (χ4n) is 2.31. The monoisotopic (exact) mass is 346 g/mol. The number of ether oxygens (including phenoxy) is 1. The Morgan fingerprint density at radius 1 is 1.29 bits per heavy atom. The van der Waals surface area contributed by atoms with E-state index in [-0.39, 0.29) is 0 Å². The molecular weight excluding hydrogens is 328 g/mol. The van der Waals surface area contributed by atoms with Gasteiger partial charge in [0.2, 0.25) is 5.95 Å². The molecule has 0 radical (unpaired) electrons. The number of halogens is 1. The molecule has 3 rings (SSSR count). The number of anilines is 3. The first-order chi connectivity index (χ1) is 11.6. The third-order valence-electron chi connectivity index (χ3n) is 3.54. The average Bonchev–Trinajstić information content (AvgIpc) is 2.95. The number of nitrogens with one attached hydrogen (secondary N) is 2. The quantitative estimate of drug-likeness (QED) is 0.710. The Balaban J connectivity index is 1.99. The molecule has 0 unspecified atom stereocenters. The minimum atomic E-state index is 0.531. The van der Waals surface area contributed by atoms with Crippen LogP contribution in [0.2, 0.25) is 5.02 Å². The maximum absolute atomic E-state index is 6.19. The molecule has 0 saturated heterocycles. The molecule has 24 heavy (non-hydrogen) atoms. The van der Waals surface area contributed by atoms with Crippen LogP contribution in [0.5, 0.6) is 5.75 Å². The Hall–Kier alpha value is -2.54. The van der Waals surface area contributed by atoms with Crippen molar-refractivity contribution in [3.63, 3.8) is 0 Å². The molecule has 0 amide bonds. The first-order valence-electron chi connectivity index (χ1n) is 7.66. The molecule has 2 N–H and O–H groups in total. The van der Waals surface area contributed by atoms with Crippen LogP contribution in [0, 0.1) is 0 Å². The highest BCUT2D eigenvalue weighted by molar-refractivity contribution is 6.32. The van der Waals surface area contributed by atoms with Crippen molar-refractivity contribution in [2.24, 2.45) is 7.05 Å². The molecule has 0 saturated carbocycles. The summed E-state index contributed by atoms with van der Waals surface area (Å²) in [6, 6.07) is 5.49. The molecular formula is C16H19ClN6O. The lowest BCUT2D eigenvalue weighted by molar-refractivity contribution is 0.415. The molecule has 0 atom stereocenters. The summed E-state index contributed by atoms with van der Waals surface area (Å²) in [4.78, 5) is 9.07. The second kappa shape index (κ2) is 6.92. The Bertz CT molecular complexity index is 863. The van der Waals surface area contributed by atoms with Crippen LogP contribution in [-0.4, -0.2) is 33.4 Å². The number of aryl methyl sites for hydroxylation is 1. The summed E-state index contributed by atoms with van der Waals surface area (Å²) in [5.41, 5.74) is 1.57. The van der Waals surface area contributed by atoms with Crippen molar-refractivity contribution in [1.29, 1.82) is 0 Å². The molecule has 0 spiro atoms. The van der Waals surface area contributed by atoms with E-state index in [1.54, 1.807) is 24.1 Å². The van der Waals surface area contributed by atoms with E-state index in [9.17, 15) is 0 Å². The van der Waals surface area contributed by atoms with Gasteiger partial charge in [-0.1, -0.05) is 18.5 Å². The van der Waals surface area contributed by atoms with Crippen LogP contribution in [0.15, 0.2) is 24.4 Å². The van der Waals surface area contributed by atoms with Gasteiger partial charge in [0.1, 0.15) is 11.6 Å². The van der Waals surface area contributed by atoms with Gasteiger partial charge in [0.05, 0.1) is 23.7 Å². The first kappa shape index (κ1) is 16.3. The van der Waals surface area contributed by atoms with Crippen molar-refractivity contribution in [2.45, 2.75) is 13.3 Å². The predicted molar refractivity (Wildman–Crippen MR) is 96.4 cm³/mol. The van der Waals surface area contributed by atoms with E-state index >= 15 is 0 Å². The average molecular weight is 347 g/mol. The summed E-state index contributed by atoms with van der Waals surface area (Å²) in [6.45, 7) is 2.89. The highest BCUT2D eigenvalue weighted by Crippen LogP contribution is 2.30. The Kier molecular flexibility index (Phi) is 4.71. The van der Waals surface area contributed by atoms with Gasteiger partial charge >= 0.3 is 0 Å². The van der Waals surface area contributed by atoms with Crippen molar-refractivity contribution >= 4 is 40.1 Å². The highest BCUT2D eigenvalue weighted by Gasteiger charge is 2.12. The largest absolute Gasteiger partial charge is 0.495 e. The number of benzene rings is 1. The maximum atomic E-state index is 6.19. The molecule has 0 aliphatic rings. The standard InChI is InChI=1S/C16H19ClN6O/c1-4-7-18-16-21-14(11-9-19-23(2)15(11)22-16)20-10-5-6-13(24-3)12(17)8-10/h5-6,8-9H,4,7H2,1-3H3,(H2,18,20,21,22). The molecule has 2 aromatic heterocycles. The molecule has 7 nitrogen and oxygen atoms in total. The van der Waals surface area contributed by atoms with Gasteiger partial charge in [-0.2, -0.15) is 15.1 Å². The van der Waals surface area contributed by atoms with Gasteiger partial charge in [-0.3, -0.25) is 4.68 Å². The molecule has 8 heteroatoms. The number of fused-ring (bicyclic) bond motifs is 1. The number of methoxy groups -OCH3 is 1. The fourth-order valence-corrected chi connectivity index (χ4v) is 2.57. The van der Waals surface area contributed by atoms with E-state index in [0.717, 1.165) is 29.7 Å². The number of aromatic nitrogens is 4. The van der Waals surface area contributed by atoms with Crippen molar-refractivity contribution in [3.8, 4) is 5.75 Å². The second-order valence-corrected chi connectivity index (χ2v) is 5.71. The number of hydrogen-bond acceptors (Lipinski definition) is 6. The van der Waals surface area contributed by atoms with Crippen LogP contribution in [-0.2, 0) is 7.05 Å². The zero-order chi connectivity index (χ0) is 17.1. The zero-order valence-electron chi connectivity index (χ0n) is 13.8. The zero-order valence-corrected chi connectivity index (χ0v) is 14.6. The number of rotatable bonds is 6. The van der Waals surface area contributed by atoms with E-state index in [1.807, 2.05) is 19.2 Å². The lowest BCUT2D eigenvalue weighted by Crippen LogP contribution is -2.07. The lowest BCUT2D eigenvalue weighted by atomic mass is 10.3. The molecule has 3 aromatic rings. The summed E-state index contributed by atoms with van der Waals surface area (Å²) in [7, 11) is 3.44. The van der Waals surface area contributed by atoms with Gasteiger partial charge in [0.15, 0.2) is 5.65 Å². The van der Waals surface area contributed by atoms with Crippen molar-refractivity contribution in [3.05, 3.63) is 29.4 Å². The lowest BCUT2D eigenvalue weighted by Gasteiger charge is -2.11. The third-order valence-corrected chi connectivity index (χ3v) is 3.84. The summed E-state index contributed by atoms with van der Waals surface area (Å²) in [6.07, 6.45) is 2.73. The minimum Gasteiger partial charge on any atom is -0.495 e. The smallest absolute Gasteiger partial charge is 0.226 e. The molecule has 0 aliphatic heterocycles. The molecule has 126 valence electrons. The van der Waals surface area contributed by atoms with E-state index < -0.39 is 0 Å². The Labute approximate surface area is 145 Å². The van der Waals surface area contributed by atoms with Crippen molar-refractivity contribution < 1.29 is 4.74 Å². The van der Waals surface area contributed by atoms with Crippen molar-refractivity contribution in [1.82, 2.24) is 19.7 Å². The van der Waals surface area contributed by atoms with Crippen LogP contribution in [0.3, 0.4) is 0 Å². The van der Waals surface area contributed by atoms with E-state index in [2.05, 4.69) is 32.6 Å². The predicted octanol–water partition coefficient (Wildman–Crippen LogP) is 3.59. The summed E-state index contributed by atoms with van der Waals surface area (Å²) >= 11 is 6.19. The van der Waals surface area contributed by atoms with E-state index in [0.29, 0.717) is 22.5 Å². The van der Waals surface area contributed by atoms with Crippen molar-refractivity contribution in [2.75, 3.05) is 24.3 Å². The van der Waals surface area contributed by atoms with Gasteiger partial charge in [0, 0.05) is 19.3 Å². The van der Waals surface area contributed by atoms with Gasteiger partial charge in [0.25, 0.3) is 0 Å². The summed E-state index contributed by atoms with van der Waals surface area (Å²) in [5, 5.41) is 12.1. The van der Waals surface area contributed by atoms with E-state index in [4.69, 9.17) is 16.3 Å². The van der Waals surface area contributed by atoms with Crippen LogP contribution in [0.25, 0.3) is 11.0 Å². The first-order valence-corrected chi connectivity index (χ1v) is 8.04. The van der Waals surface area contributed by atoms with Crippen LogP contribution in [0.4, 0.5) is 17.5 Å². The van der Waals surface area contributed by atoms with E-state index in [1.165, 1.54) is 0 Å². The topological polar surface area (TPSA) is 76.9 Å². The normalized spacial score (nSPS) is 10.8. The Morgan fingerprint density at radius 3 is 2.83 bits per heavy atom. The SMILES string of the molecule is CCCNc1nc(Nc2ccc(OC)c(Cl)c2)c2cnn(C)c2n1. The molecule has 0 aliphatic carbocycles. The van der Waals surface area contributed by atoms with Crippen LogP contribution >= 0.6 is 11.6 Å². The summed E-state index contributed by atoms with van der Waals surface area (Å²) in [5.74, 6) is 1.87. The third kappa shape index (κ3) is 3.21. The molecule has 1 aromatic carbocycles.